The Hall–Kier alpha value is -2.44. The van der Waals surface area contributed by atoms with E-state index < -0.39 is 12.0 Å². The number of carbonyl (C=O) groups excluding carboxylic acids is 1. The molecule has 0 spiro atoms. The van der Waals surface area contributed by atoms with E-state index in [1.54, 1.807) is 23.0 Å². The summed E-state index contributed by atoms with van der Waals surface area (Å²) in [6.45, 7) is 0.444. The van der Waals surface area contributed by atoms with Crippen molar-refractivity contribution in [3.8, 4) is 0 Å². The van der Waals surface area contributed by atoms with E-state index in [1.165, 1.54) is 11.1 Å². The van der Waals surface area contributed by atoms with Crippen LogP contribution in [0.4, 0.5) is 0 Å². The van der Waals surface area contributed by atoms with Crippen LogP contribution in [0.2, 0.25) is 0 Å². The Balaban J connectivity index is 2.00. The molecule has 7 nitrogen and oxygen atoms in total. The zero-order chi connectivity index (χ0) is 13.4. The van der Waals surface area contributed by atoms with Gasteiger partial charge in [0.2, 0.25) is 0 Å². The smallest absolute Gasteiger partial charge is 0.326 e. The van der Waals surface area contributed by atoms with Gasteiger partial charge in [0.1, 0.15) is 6.04 Å². The number of carboxylic acids is 1. The molecule has 7 heteroatoms. The predicted molar refractivity (Wildman–Crippen MR) is 64.7 cm³/mol. The highest BCUT2D eigenvalue weighted by atomic mass is 16.4. The lowest BCUT2D eigenvalue weighted by molar-refractivity contribution is -0.141. The number of rotatable bonds is 2. The third kappa shape index (κ3) is 1.83. The average molecular weight is 260 g/mol. The first kappa shape index (κ1) is 11.6. The highest BCUT2D eigenvalue weighted by Gasteiger charge is 2.35. The van der Waals surface area contributed by atoms with Gasteiger partial charge in [0.05, 0.1) is 0 Å². The van der Waals surface area contributed by atoms with Crippen molar-refractivity contribution in [1.82, 2.24) is 19.3 Å². The van der Waals surface area contributed by atoms with Crippen molar-refractivity contribution in [3.05, 3.63) is 30.5 Å². The van der Waals surface area contributed by atoms with Crippen molar-refractivity contribution >= 4 is 17.5 Å². The molecule has 3 heterocycles. The van der Waals surface area contributed by atoms with E-state index in [0.29, 0.717) is 25.0 Å². The van der Waals surface area contributed by atoms with Crippen LogP contribution in [0.5, 0.6) is 0 Å². The lowest BCUT2D eigenvalue weighted by Crippen LogP contribution is -2.40. The van der Waals surface area contributed by atoms with Gasteiger partial charge in [-0.05, 0) is 12.8 Å². The number of likely N-dealkylation sites (tertiary alicyclic amines) is 1. The maximum Gasteiger partial charge on any atom is 0.326 e. The molecule has 2 aromatic heterocycles. The first-order valence-electron chi connectivity index (χ1n) is 6.00. The van der Waals surface area contributed by atoms with Gasteiger partial charge < -0.3 is 14.4 Å². The summed E-state index contributed by atoms with van der Waals surface area (Å²) in [7, 11) is 0. The van der Waals surface area contributed by atoms with E-state index in [9.17, 15) is 9.59 Å². The number of hydrogen-bond donors (Lipinski definition) is 1. The second-order valence-electron chi connectivity index (χ2n) is 4.43. The van der Waals surface area contributed by atoms with E-state index in [1.807, 2.05) is 0 Å². The minimum absolute atomic E-state index is 0.195. The Kier molecular flexibility index (Phi) is 2.66. The van der Waals surface area contributed by atoms with Crippen molar-refractivity contribution in [1.29, 1.82) is 0 Å². The van der Waals surface area contributed by atoms with E-state index in [0.717, 1.165) is 0 Å². The third-order valence-electron chi connectivity index (χ3n) is 3.31. The third-order valence-corrected chi connectivity index (χ3v) is 3.31. The fraction of sp³-hybridized carbons (Fsp3) is 0.333. The monoisotopic (exact) mass is 260 g/mol. The lowest BCUT2D eigenvalue weighted by atomic mass is 10.2. The number of aromatic nitrogens is 3. The Morgan fingerprint density at radius 2 is 2.00 bits per heavy atom. The average Bonchev–Trinajstić information content (AvgIpc) is 3.05. The molecule has 98 valence electrons. The van der Waals surface area contributed by atoms with Gasteiger partial charge in [0.15, 0.2) is 11.3 Å². The minimum Gasteiger partial charge on any atom is -0.480 e. The quantitative estimate of drug-likeness (QED) is 0.845. The number of fused-ring (bicyclic) bond motifs is 1. The molecule has 2 aromatic rings. The minimum atomic E-state index is -0.971. The summed E-state index contributed by atoms with van der Waals surface area (Å²) in [4.78, 5) is 33.0. The van der Waals surface area contributed by atoms with Crippen molar-refractivity contribution < 1.29 is 14.7 Å². The Labute approximate surface area is 108 Å². The van der Waals surface area contributed by atoms with Gasteiger partial charge in [0, 0.05) is 31.3 Å². The number of imidazole rings is 1. The van der Waals surface area contributed by atoms with Crippen LogP contribution >= 0.6 is 0 Å². The van der Waals surface area contributed by atoms with Crippen LogP contribution in [-0.4, -0.2) is 48.8 Å². The van der Waals surface area contributed by atoms with Crippen LogP contribution in [0.15, 0.2) is 24.8 Å². The van der Waals surface area contributed by atoms with Crippen molar-refractivity contribution in [2.75, 3.05) is 6.54 Å². The number of hydrogen-bond acceptors (Lipinski definition) is 4. The summed E-state index contributed by atoms with van der Waals surface area (Å²) >= 11 is 0. The van der Waals surface area contributed by atoms with Gasteiger partial charge in [0.25, 0.3) is 5.91 Å². The van der Waals surface area contributed by atoms with Gasteiger partial charge >= 0.3 is 5.97 Å². The van der Waals surface area contributed by atoms with Crippen LogP contribution in [0.25, 0.3) is 5.65 Å². The fourth-order valence-electron chi connectivity index (χ4n) is 2.41. The van der Waals surface area contributed by atoms with Gasteiger partial charge in [-0.15, -0.1) is 0 Å². The summed E-state index contributed by atoms with van der Waals surface area (Å²) in [5, 5.41) is 9.12. The Morgan fingerprint density at radius 3 is 2.74 bits per heavy atom. The molecule has 0 radical (unpaired) electrons. The molecular formula is C12H12N4O3. The van der Waals surface area contributed by atoms with Gasteiger partial charge in [-0.2, -0.15) is 0 Å². The molecular weight excluding hydrogens is 248 g/mol. The summed E-state index contributed by atoms with van der Waals surface area (Å²) in [6.07, 6.45) is 7.67. The second-order valence-corrected chi connectivity index (χ2v) is 4.43. The molecule has 0 aromatic carbocycles. The normalized spacial score (nSPS) is 18.9. The summed E-state index contributed by atoms with van der Waals surface area (Å²) in [5.41, 5.74) is 0.643. The van der Waals surface area contributed by atoms with Crippen LogP contribution in [0, 0.1) is 0 Å². The van der Waals surface area contributed by atoms with Gasteiger partial charge in [-0.25, -0.2) is 14.8 Å². The van der Waals surface area contributed by atoms with E-state index in [-0.39, 0.29) is 11.6 Å². The maximum absolute atomic E-state index is 12.4. The van der Waals surface area contributed by atoms with Gasteiger partial charge in [-0.1, -0.05) is 0 Å². The molecule has 1 saturated heterocycles. The fourth-order valence-corrected chi connectivity index (χ4v) is 2.41. The van der Waals surface area contributed by atoms with E-state index >= 15 is 0 Å². The molecule has 1 aliphatic rings. The maximum atomic E-state index is 12.4. The standard InChI is InChI=1S/C12H12N4O3/c17-11(16-5-1-2-8(16)12(18)19)9-10-14-4-7-15(10)6-3-13-9/h3-4,6-8H,1-2,5H2,(H,18,19)/t8-/m1/s1. The number of nitrogens with zero attached hydrogens (tertiary/aromatic N) is 4. The molecule has 3 rings (SSSR count). The highest BCUT2D eigenvalue weighted by Crippen LogP contribution is 2.20. The van der Waals surface area contributed by atoms with Crippen molar-refractivity contribution in [3.63, 3.8) is 0 Å². The van der Waals surface area contributed by atoms with Crippen LogP contribution < -0.4 is 0 Å². The molecule has 0 aliphatic carbocycles. The predicted octanol–water partition coefficient (Wildman–Crippen LogP) is 0.418. The number of aliphatic carboxylic acids is 1. The summed E-state index contributed by atoms with van der Waals surface area (Å²) in [6, 6.07) is -0.760. The molecule has 1 amide bonds. The molecule has 19 heavy (non-hydrogen) atoms. The van der Waals surface area contributed by atoms with Gasteiger partial charge in [-0.3, -0.25) is 4.79 Å². The zero-order valence-corrected chi connectivity index (χ0v) is 10.1. The largest absolute Gasteiger partial charge is 0.480 e. The molecule has 0 bridgehead atoms. The van der Waals surface area contributed by atoms with Crippen LogP contribution in [-0.2, 0) is 4.79 Å². The van der Waals surface area contributed by atoms with E-state index in [2.05, 4.69) is 9.97 Å². The number of carbonyl (C=O) groups is 2. The Morgan fingerprint density at radius 1 is 1.26 bits per heavy atom. The number of amides is 1. The van der Waals surface area contributed by atoms with Crippen molar-refractivity contribution in [2.24, 2.45) is 0 Å². The summed E-state index contributed by atoms with van der Waals surface area (Å²) < 4.78 is 1.69. The second kappa shape index (κ2) is 4.34. The molecule has 1 atom stereocenters. The first-order chi connectivity index (χ1) is 9.18. The molecule has 0 unspecified atom stereocenters. The van der Waals surface area contributed by atoms with Crippen LogP contribution in [0.3, 0.4) is 0 Å². The number of carboxylic acid groups (broad SMARTS) is 1. The highest BCUT2D eigenvalue weighted by molar-refractivity contribution is 5.99. The Bertz CT molecular complexity index is 651. The first-order valence-corrected chi connectivity index (χ1v) is 6.00. The lowest BCUT2D eigenvalue weighted by Gasteiger charge is -2.20. The van der Waals surface area contributed by atoms with E-state index in [4.69, 9.17) is 5.11 Å². The molecule has 0 saturated carbocycles. The molecule has 1 N–H and O–H groups in total. The van der Waals surface area contributed by atoms with Crippen LogP contribution in [0.1, 0.15) is 23.3 Å². The summed E-state index contributed by atoms with van der Waals surface area (Å²) in [5.74, 6) is -1.34. The zero-order valence-electron chi connectivity index (χ0n) is 10.1. The molecule has 1 fully saturated rings. The topological polar surface area (TPSA) is 87.8 Å². The SMILES string of the molecule is O=C(O)[C@H]1CCCN1C(=O)c1nccn2ccnc12. The van der Waals surface area contributed by atoms with Crippen molar-refractivity contribution in [2.45, 2.75) is 18.9 Å². The molecule has 1 aliphatic heterocycles.